The van der Waals surface area contributed by atoms with Crippen LogP contribution in [0.25, 0.3) is 0 Å². The fourth-order valence-electron chi connectivity index (χ4n) is 2.65. The molecule has 132 valence electrons. The van der Waals surface area contributed by atoms with Gasteiger partial charge in [-0.05, 0) is 31.9 Å². The SMILES string of the molecule is CC(=O)[C@@H](Cc1ccccc1)NC(=O)C[NH2+][C@H](C)c1ccccc1Cl. The Balaban J connectivity index is 1.89. The van der Waals surface area contributed by atoms with E-state index in [1.165, 1.54) is 6.92 Å². The first-order chi connectivity index (χ1) is 12.0. The van der Waals surface area contributed by atoms with Gasteiger partial charge < -0.3 is 10.6 Å². The Hall–Kier alpha value is -2.17. The van der Waals surface area contributed by atoms with Gasteiger partial charge in [0.2, 0.25) is 0 Å². The average Bonchev–Trinajstić information content (AvgIpc) is 2.60. The predicted octanol–water partition coefficient (Wildman–Crippen LogP) is 2.28. The molecule has 0 radical (unpaired) electrons. The van der Waals surface area contributed by atoms with E-state index in [1.54, 1.807) is 0 Å². The number of halogens is 1. The summed E-state index contributed by atoms with van der Waals surface area (Å²) in [5.41, 5.74) is 2.01. The molecule has 0 fully saturated rings. The van der Waals surface area contributed by atoms with Gasteiger partial charge in [0.05, 0.1) is 6.04 Å². The van der Waals surface area contributed by atoms with E-state index in [0.717, 1.165) is 11.1 Å². The number of nitrogens with one attached hydrogen (secondary N) is 1. The van der Waals surface area contributed by atoms with Crippen molar-refractivity contribution in [2.45, 2.75) is 32.4 Å². The molecule has 0 aliphatic carbocycles. The van der Waals surface area contributed by atoms with Crippen LogP contribution in [0.4, 0.5) is 0 Å². The summed E-state index contributed by atoms with van der Waals surface area (Å²) in [7, 11) is 0. The maximum Gasteiger partial charge on any atom is 0.275 e. The van der Waals surface area contributed by atoms with Crippen molar-refractivity contribution in [3.05, 3.63) is 70.7 Å². The first kappa shape index (κ1) is 19.2. The summed E-state index contributed by atoms with van der Waals surface area (Å²) in [4.78, 5) is 24.1. The van der Waals surface area contributed by atoms with Crippen LogP contribution in [0.2, 0.25) is 5.02 Å². The van der Waals surface area contributed by atoms with E-state index in [-0.39, 0.29) is 24.3 Å². The van der Waals surface area contributed by atoms with E-state index in [0.29, 0.717) is 11.4 Å². The molecule has 0 bridgehead atoms. The number of amides is 1. The molecule has 2 aromatic rings. The van der Waals surface area contributed by atoms with Gasteiger partial charge in [0.25, 0.3) is 5.91 Å². The summed E-state index contributed by atoms with van der Waals surface area (Å²) < 4.78 is 0. The van der Waals surface area contributed by atoms with E-state index in [4.69, 9.17) is 11.6 Å². The molecule has 0 heterocycles. The van der Waals surface area contributed by atoms with E-state index in [1.807, 2.05) is 66.8 Å². The molecular formula is C20H24ClN2O2+. The van der Waals surface area contributed by atoms with Crippen LogP contribution in [0.15, 0.2) is 54.6 Å². The second kappa shape index (κ2) is 9.35. The van der Waals surface area contributed by atoms with Gasteiger partial charge >= 0.3 is 0 Å². The van der Waals surface area contributed by atoms with Crippen LogP contribution in [0.3, 0.4) is 0 Å². The fraction of sp³-hybridized carbons (Fsp3) is 0.300. The number of carbonyl (C=O) groups excluding carboxylic acids is 2. The standard InChI is InChI=1S/C20H23ClN2O2/c1-14(17-10-6-7-11-18(17)21)22-13-20(25)23-19(15(2)24)12-16-8-4-3-5-9-16/h3-11,14,19,22H,12-13H2,1-2H3,(H,23,25)/p+1/t14-,19-/m1/s1. The number of hydrogen-bond donors (Lipinski definition) is 2. The maximum atomic E-state index is 12.2. The van der Waals surface area contributed by atoms with Crippen LogP contribution in [-0.4, -0.2) is 24.3 Å². The van der Waals surface area contributed by atoms with Crippen molar-refractivity contribution in [1.82, 2.24) is 5.32 Å². The second-order valence-electron chi connectivity index (χ2n) is 6.17. The smallest absolute Gasteiger partial charge is 0.275 e. The highest BCUT2D eigenvalue weighted by Gasteiger charge is 2.20. The van der Waals surface area contributed by atoms with E-state index < -0.39 is 6.04 Å². The summed E-state index contributed by atoms with van der Waals surface area (Å²) in [5.74, 6) is -0.202. The molecule has 0 saturated heterocycles. The molecular weight excluding hydrogens is 336 g/mol. The van der Waals surface area contributed by atoms with Gasteiger partial charge in [-0.2, -0.15) is 0 Å². The number of hydrogen-bond acceptors (Lipinski definition) is 2. The topological polar surface area (TPSA) is 62.8 Å². The van der Waals surface area contributed by atoms with E-state index in [9.17, 15) is 9.59 Å². The number of rotatable bonds is 8. The number of Topliss-reactive ketones (excluding diaryl/α,β-unsaturated/α-hetero) is 1. The minimum Gasteiger partial charge on any atom is -0.341 e. The molecule has 0 aliphatic rings. The lowest BCUT2D eigenvalue weighted by atomic mass is 10.0. The predicted molar refractivity (Wildman–Crippen MR) is 99.4 cm³/mol. The first-order valence-electron chi connectivity index (χ1n) is 8.39. The van der Waals surface area contributed by atoms with Crippen molar-refractivity contribution < 1.29 is 14.9 Å². The van der Waals surface area contributed by atoms with Gasteiger partial charge in [-0.3, -0.25) is 9.59 Å². The van der Waals surface area contributed by atoms with Gasteiger partial charge in [-0.1, -0.05) is 60.1 Å². The van der Waals surface area contributed by atoms with Crippen molar-refractivity contribution in [2.75, 3.05) is 6.54 Å². The van der Waals surface area contributed by atoms with Crippen molar-refractivity contribution in [2.24, 2.45) is 0 Å². The zero-order valence-electron chi connectivity index (χ0n) is 14.5. The lowest BCUT2D eigenvalue weighted by Gasteiger charge is -2.17. The number of ketones is 1. The molecule has 2 atom stereocenters. The maximum absolute atomic E-state index is 12.2. The van der Waals surface area contributed by atoms with Crippen molar-refractivity contribution in [3.8, 4) is 0 Å². The zero-order valence-corrected chi connectivity index (χ0v) is 15.3. The van der Waals surface area contributed by atoms with Gasteiger partial charge in [-0.15, -0.1) is 0 Å². The third kappa shape index (κ3) is 6.00. The number of nitrogens with two attached hydrogens (primary N) is 1. The highest BCUT2D eigenvalue weighted by molar-refractivity contribution is 6.31. The number of quaternary nitrogens is 1. The molecule has 25 heavy (non-hydrogen) atoms. The molecule has 0 spiro atoms. The van der Waals surface area contributed by atoms with Crippen LogP contribution in [0, 0.1) is 0 Å². The van der Waals surface area contributed by atoms with E-state index in [2.05, 4.69) is 5.32 Å². The van der Waals surface area contributed by atoms with Crippen molar-refractivity contribution in [3.63, 3.8) is 0 Å². The summed E-state index contributed by atoms with van der Waals surface area (Å²) >= 11 is 6.19. The van der Waals surface area contributed by atoms with Crippen molar-refractivity contribution >= 4 is 23.3 Å². The molecule has 0 saturated carbocycles. The molecule has 1 amide bonds. The highest BCUT2D eigenvalue weighted by Crippen LogP contribution is 2.19. The highest BCUT2D eigenvalue weighted by atomic mass is 35.5. The lowest BCUT2D eigenvalue weighted by Crippen LogP contribution is -2.87. The third-order valence-corrected chi connectivity index (χ3v) is 4.51. The van der Waals surface area contributed by atoms with Crippen LogP contribution < -0.4 is 10.6 Å². The summed E-state index contributed by atoms with van der Waals surface area (Å²) in [6.07, 6.45) is 0.502. The molecule has 2 rings (SSSR count). The second-order valence-corrected chi connectivity index (χ2v) is 6.58. The Morgan fingerprint density at radius 2 is 1.72 bits per heavy atom. The lowest BCUT2D eigenvalue weighted by molar-refractivity contribution is -0.682. The monoisotopic (exact) mass is 359 g/mol. The normalized spacial score (nSPS) is 13.1. The number of carbonyl (C=O) groups is 2. The Labute approximate surface area is 153 Å². The minimum atomic E-state index is -0.501. The summed E-state index contributed by atoms with van der Waals surface area (Å²) in [6.45, 7) is 3.75. The van der Waals surface area contributed by atoms with Gasteiger partial charge in [0.1, 0.15) is 6.04 Å². The summed E-state index contributed by atoms with van der Waals surface area (Å²) in [5, 5.41) is 5.44. The number of benzene rings is 2. The van der Waals surface area contributed by atoms with Crippen LogP contribution in [0.1, 0.15) is 31.0 Å². The Kier molecular flexibility index (Phi) is 7.16. The molecule has 2 aromatic carbocycles. The van der Waals surface area contributed by atoms with Gasteiger partial charge in [0.15, 0.2) is 12.3 Å². The van der Waals surface area contributed by atoms with E-state index >= 15 is 0 Å². The molecule has 0 aliphatic heterocycles. The Morgan fingerprint density at radius 1 is 1.08 bits per heavy atom. The van der Waals surface area contributed by atoms with Crippen LogP contribution >= 0.6 is 11.6 Å². The molecule has 4 nitrogen and oxygen atoms in total. The largest absolute Gasteiger partial charge is 0.341 e. The molecule has 0 unspecified atom stereocenters. The van der Waals surface area contributed by atoms with Crippen molar-refractivity contribution in [1.29, 1.82) is 0 Å². The minimum absolute atomic E-state index is 0.0450. The molecule has 0 aromatic heterocycles. The quantitative estimate of drug-likeness (QED) is 0.759. The van der Waals surface area contributed by atoms with Crippen LogP contribution in [0.5, 0.6) is 0 Å². The third-order valence-electron chi connectivity index (χ3n) is 4.16. The van der Waals surface area contributed by atoms with Gasteiger partial charge in [-0.25, -0.2) is 0 Å². The van der Waals surface area contributed by atoms with Crippen LogP contribution in [-0.2, 0) is 16.0 Å². The fourth-order valence-corrected chi connectivity index (χ4v) is 2.96. The Bertz CT molecular complexity index is 719. The summed E-state index contributed by atoms with van der Waals surface area (Å²) in [6, 6.07) is 16.8. The zero-order chi connectivity index (χ0) is 18.2. The Morgan fingerprint density at radius 3 is 2.36 bits per heavy atom. The van der Waals surface area contributed by atoms with Gasteiger partial charge in [0, 0.05) is 10.6 Å². The molecule has 5 heteroatoms. The average molecular weight is 360 g/mol. The first-order valence-corrected chi connectivity index (χ1v) is 8.76. The molecule has 3 N–H and O–H groups in total.